The minimum Gasteiger partial charge on any atom is -0.309 e. The van der Waals surface area contributed by atoms with E-state index in [4.69, 9.17) is 0 Å². The molecule has 0 aliphatic heterocycles. The molecule has 2 heterocycles. The minimum atomic E-state index is 1.09. The molecule has 0 amide bonds. The van der Waals surface area contributed by atoms with Crippen molar-refractivity contribution in [2.45, 2.75) is 0 Å². The van der Waals surface area contributed by atoms with Crippen LogP contribution < -0.4 is 4.90 Å². The molecular formula is C52H35N3. The number of hydrogen-bond acceptors (Lipinski definition) is 1. The van der Waals surface area contributed by atoms with Crippen molar-refractivity contribution >= 4 is 71.4 Å². The van der Waals surface area contributed by atoms with Crippen LogP contribution in [0.25, 0.3) is 76.9 Å². The van der Waals surface area contributed by atoms with Crippen LogP contribution in [0, 0.1) is 0 Å². The zero-order chi connectivity index (χ0) is 36.3. The fourth-order valence-electron chi connectivity index (χ4n) is 8.74. The van der Waals surface area contributed by atoms with Crippen molar-refractivity contribution in [3.05, 3.63) is 212 Å². The van der Waals surface area contributed by atoms with E-state index in [0.717, 1.165) is 33.8 Å². The van der Waals surface area contributed by atoms with Crippen molar-refractivity contribution < 1.29 is 0 Å². The lowest BCUT2D eigenvalue weighted by Gasteiger charge is -2.29. The number of fused-ring (bicyclic) bond motifs is 7. The summed E-state index contributed by atoms with van der Waals surface area (Å²) in [6.07, 6.45) is 0. The van der Waals surface area contributed by atoms with E-state index in [2.05, 4.69) is 226 Å². The monoisotopic (exact) mass is 701 g/mol. The standard InChI is InChI=1S/C52H35N3/c1-3-17-36(18-4-1)40-24-9-12-27-45(40)54(50-32-16-31-49-52(50)44-26-11-14-29-48(44)53(49)38-21-5-2-6-22-38)39-33-34-43-42-25-10-13-28-47(42)55(51(43)35-39)46-30-15-20-37-19-7-8-23-41(37)46/h1-35H. The van der Waals surface area contributed by atoms with E-state index >= 15 is 0 Å². The Labute approximate surface area is 319 Å². The van der Waals surface area contributed by atoms with Gasteiger partial charge in [-0.25, -0.2) is 0 Å². The molecule has 11 rings (SSSR count). The van der Waals surface area contributed by atoms with E-state index in [1.807, 2.05) is 0 Å². The number of hydrogen-bond donors (Lipinski definition) is 0. The zero-order valence-electron chi connectivity index (χ0n) is 30.0. The number of nitrogens with zero attached hydrogens (tertiary/aromatic N) is 3. The first-order valence-corrected chi connectivity index (χ1v) is 18.9. The molecule has 258 valence electrons. The maximum absolute atomic E-state index is 2.48. The highest BCUT2D eigenvalue weighted by Gasteiger charge is 2.24. The van der Waals surface area contributed by atoms with Crippen LogP contribution in [0.1, 0.15) is 0 Å². The lowest BCUT2D eigenvalue weighted by molar-refractivity contribution is 1.18. The molecule has 2 aromatic heterocycles. The topological polar surface area (TPSA) is 13.1 Å². The Balaban J connectivity index is 1.25. The summed E-state index contributed by atoms with van der Waals surface area (Å²) in [4.78, 5) is 2.48. The van der Waals surface area contributed by atoms with Crippen molar-refractivity contribution in [1.29, 1.82) is 0 Å². The van der Waals surface area contributed by atoms with Gasteiger partial charge < -0.3 is 14.0 Å². The lowest BCUT2D eigenvalue weighted by Crippen LogP contribution is -2.12. The molecule has 0 saturated carbocycles. The molecule has 0 aliphatic rings. The van der Waals surface area contributed by atoms with Gasteiger partial charge in [0.15, 0.2) is 0 Å². The van der Waals surface area contributed by atoms with Gasteiger partial charge in [0.2, 0.25) is 0 Å². The summed E-state index contributed by atoms with van der Waals surface area (Å²) in [7, 11) is 0. The molecule has 0 saturated heterocycles. The van der Waals surface area contributed by atoms with E-state index in [1.165, 1.54) is 60.2 Å². The number of anilines is 3. The molecule has 0 aliphatic carbocycles. The molecule has 0 unspecified atom stereocenters. The number of rotatable bonds is 6. The number of benzene rings is 9. The predicted octanol–water partition coefficient (Wildman–Crippen LogP) is 14.2. The van der Waals surface area contributed by atoms with Gasteiger partial charge in [0.1, 0.15) is 0 Å². The molecule has 0 atom stereocenters. The number of para-hydroxylation sites is 4. The average Bonchev–Trinajstić information content (AvgIpc) is 3.77. The summed E-state index contributed by atoms with van der Waals surface area (Å²) in [6, 6.07) is 77.0. The Morgan fingerprint density at radius 2 is 0.927 bits per heavy atom. The van der Waals surface area contributed by atoms with Crippen molar-refractivity contribution in [3.63, 3.8) is 0 Å². The third kappa shape index (κ3) is 4.91. The molecule has 0 spiro atoms. The molecule has 11 aromatic rings. The van der Waals surface area contributed by atoms with Gasteiger partial charge in [-0.05, 0) is 71.6 Å². The molecule has 0 fully saturated rings. The molecule has 3 heteroatoms. The first-order valence-electron chi connectivity index (χ1n) is 18.9. The van der Waals surface area contributed by atoms with E-state index < -0.39 is 0 Å². The summed E-state index contributed by atoms with van der Waals surface area (Å²) in [5, 5.41) is 7.33. The van der Waals surface area contributed by atoms with Crippen LogP contribution >= 0.6 is 0 Å². The summed E-state index contributed by atoms with van der Waals surface area (Å²) >= 11 is 0. The molecule has 0 bridgehead atoms. The van der Waals surface area contributed by atoms with Crippen LogP contribution in [0.5, 0.6) is 0 Å². The third-order valence-corrected chi connectivity index (χ3v) is 11.1. The van der Waals surface area contributed by atoms with Gasteiger partial charge in [-0.1, -0.05) is 152 Å². The Kier molecular flexibility index (Phi) is 7.17. The van der Waals surface area contributed by atoms with Crippen LogP contribution in [0.3, 0.4) is 0 Å². The SMILES string of the molecule is c1ccc(-c2ccccc2N(c2ccc3c4ccccc4n(-c4cccc5ccccc45)c3c2)c2cccc3c2c2ccccc2n3-c2ccccc2)cc1. The van der Waals surface area contributed by atoms with E-state index in [9.17, 15) is 0 Å². The molecule has 0 radical (unpaired) electrons. The van der Waals surface area contributed by atoms with Gasteiger partial charge >= 0.3 is 0 Å². The highest BCUT2D eigenvalue weighted by atomic mass is 15.2. The lowest BCUT2D eigenvalue weighted by atomic mass is 10.0. The fraction of sp³-hybridized carbons (Fsp3) is 0. The molecule has 0 N–H and O–H groups in total. The highest BCUT2D eigenvalue weighted by Crippen LogP contribution is 2.47. The van der Waals surface area contributed by atoms with E-state index in [1.54, 1.807) is 0 Å². The van der Waals surface area contributed by atoms with Crippen molar-refractivity contribution in [2.75, 3.05) is 4.90 Å². The van der Waals surface area contributed by atoms with Gasteiger partial charge in [0.05, 0.1) is 39.1 Å². The summed E-state index contributed by atoms with van der Waals surface area (Å²) in [5.74, 6) is 0. The molecule has 55 heavy (non-hydrogen) atoms. The number of aromatic nitrogens is 2. The maximum Gasteiger partial charge on any atom is 0.0562 e. The average molecular weight is 702 g/mol. The van der Waals surface area contributed by atoms with Crippen LogP contribution in [0.15, 0.2) is 212 Å². The van der Waals surface area contributed by atoms with Gasteiger partial charge in [-0.2, -0.15) is 0 Å². The van der Waals surface area contributed by atoms with Crippen molar-refractivity contribution in [2.24, 2.45) is 0 Å². The van der Waals surface area contributed by atoms with Crippen LogP contribution in [-0.4, -0.2) is 9.13 Å². The second-order valence-electron chi connectivity index (χ2n) is 14.1. The Morgan fingerprint density at radius 3 is 1.76 bits per heavy atom. The quantitative estimate of drug-likeness (QED) is 0.168. The summed E-state index contributed by atoms with van der Waals surface area (Å²) < 4.78 is 4.86. The Bertz CT molecular complexity index is 3200. The predicted molar refractivity (Wildman–Crippen MR) is 233 cm³/mol. The Hall–Kier alpha value is -7.36. The third-order valence-electron chi connectivity index (χ3n) is 11.1. The van der Waals surface area contributed by atoms with Gasteiger partial charge in [0.25, 0.3) is 0 Å². The van der Waals surface area contributed by atoms with Crippen LogP contribution in [0.2, 0.25) is 0 Å². The van der Waals surface area contributed by atoms with E-state index in [-0.39, 0.29) is 0 Å². The van der Waals surface area contributed by atoms with Crippen molar-refractivity contribution in [1.82, 2.24) is 9.13 Å². The molecule has 3 nitrogen and oxygen atoms in total. The van der Waals surface area contributed by atoms with Gasteiger partial charge in [-0.15, -0.1) is 0 Å². The van der Waals surface area contributed by atoms with Crippen molar-refractivity contribution in [3.8, 4) is 22.5 Å². The smallest absolute Gasteiger partial charge is 0.0562 e. The largest absolute Gasteiger partial charge is 0.309 e. The summed E-state index contributed by atoms with van der Waals surface area (Å²) in [5.41, 5.74) is 12.7. The van der Waals surface area contributed by atoms with Gasteiger partial charge in [0, 0.05) is 43.9 Å². The van der Waals surface area contributed by atoms with E-state index in [0.29, 0.717) is 0 Å². The van der Waals surface area contributed by atoms with Crippen LogP contribution in [0.4, 0.5) is 17.1 Å². The maximum atomic E-state index is 2.48. The molecule has 9 aromatic carbocycles. The second kappa shape index (κ2) is 12.6. The minimum absolute atomic E-state index is 1.09. The highest BCUT2D eigenvalue weighted by molar-refractivity contribution is 6.18. The van der Waals surface area contributed by atoms with Crippen LogP contribution in [-0.2, 0) is 0 Å². The Morgan fingerprint density at radius 1 is 0.345 bits per heavy atom. The summed E-state index contributed by atoms with van der Waals surface area (Å²) in [6.45, 7) is 0. The van der Waals surface area contributed by atoms with Gasteiger partial charge in [-0.3, -0.25) is 0 Å². The fourth-order valence-corrected chi connectivity index (χ4v) is 8.74. The molecular weight excluding hydrogens is 667 g/mol. The second-order valence-corrected chi connectivity index (χ2v) is 14.1. The first kappa shape index (κ1) is 31.2. The normalized spacial score (nSPS) is 11.6. The first-order chi connectivity index (χ1) is 27.3. The zero-order valence-corrected chi connectivity index (χ0v) is 30.0.